The largest absolute Gasteiger partial charge is 0.481 e. The zero-order valence-electron chi connectivity index (χ0n) is 6.50. The Morgan fingerprint density at radius 3 is 2.70 bits per heavy atom. The lowest BCUT2D eigenvalue weighted by Crippen LogP contribution is -2.00. The van der Waals surface area contributed by atoms with Crippen LogP contribution in [0.4, 0.5) is 0 Å². The summed E-state index contributed by atoms with van der Waals surface area (Å²) in [6.07, 6.45) is 5.14. The summed E-state index contributed by atoms with van der Waals surface area (Å²) in [6, 6.07) is 0. The predicted octanol–water partition coefficient (Wildman–Crippen LogP) is 2.06. The smallest absolute Gasteiger partial charge is 0.303 e. The first-order chi connectivity index (χ1) is 4.66. The molecule has 2 heteroatoms. The number of rotatable bonds is 4. The van der Waals surface area contributed by atoms with Gasteiger partial charge in [-0.15, -0.1) is 0 Å². The van der Waals surface area contributed by atoms with Gasteiger partial charge >= 0.3 is 5.97 Å². The Bertz CT molecular complexity index is 127. The van der Waals surface area contributed by atoms with Crippen molar-refractivity contribution in [2.45, 2.75) is 26.7 Å². The molecule has 0 aromatic rings. The molecular weight excluding hydrogens is 128 g/mol. The maximum atomic E-state index is 10.1. The fourth-order valence-electron chi connectivity index (χ4n) is 0.712. The summed E-state index contributed by atoms with van der Waals surface area (Å²) >= 11 is 0. The highest BCUT2D eigenvalue weighted by Gasteiger charge is 2.01. The molecule has 10 heavy (non-hydrogen) atoms. The molecule has 0 bridgehead atoms. The van der Waals surface area contributed by atoms with Crippen LogP contribution in [-0.2, 0) is 4.79 Å². The lowest BCUT2D eigenvalue weighted by Gasteiger charge is -1.98. The highest BCUT2D eigenvalue weighted by atomic mass is 16.4. The predicted molar refractivity (Wildman–Crippen MR) is 40.8 cm³/mol. The molecule has 0 radical (unpaired) electrons. The van der Waals surface area contributed by atoms with Crippen LogP contribution in [0.15, 0.2) is 12.2 Å². The number of allylic oxidation sites excluding steroid dienone is 2. The van der Waals surface area contributed by atoms with Gasteiger partial charge < -0.3 is 5.11 Å². The Hall–Kier alpha value is -0.790. The summed E-state index contributed by atoms with van der Waals surface area (Å²) in [6.45, 7) is 3.93. The molecule has 0 saturated heterocycles. The average Bonchev–Trinajstić information content (AvgIpc) is 1.82. The standard InChI is InChI=1S/C8H14O2/c1-3-4-5-7(2)6-8(9)10/h4-5,7H,3,6H2,1-2H3,(H,9,10)/t7-/m0/s1. The van der Waals surface area contributed by atoms with Crippen LogP contribution in [0, 0.1) is 5.92 Å². The molecule has 0 heterocycles. The van der Waals surface area contributed by atoms with Gasteiger partial charge in [0.15, 0.2) is 0 Å². The van der Waals surface area contributed by atoms with Crippen LogP contribution in [0.25, 0.3) is 0 Å². The van der Waals surface area contributed by atoms with Gasteiger partial charge in [0.05, 0.1) is 6.42 Å². The van der Waals surface area contributed by atoms with Gasteiger partial charge in [-0.2, -0.15) is 0 Å². The maximum absolute atomic E-state index is 10.1. The van der Waals surface area contributed by atoms with Crippen molar-refractivity contribution in [2.24, 2.45) is 5.92 Å². The first-order valence-electron chi connectivity index (χ1n) is 3.55. The number of carboxylic acid groups (broad SMARTS) is 1. The Labute approximate surface area is 61.6 Å². The van der Waals surface area contributed by atoms with E-state index in [-0.39, 0.29) is 12.3 Å². The first kappa shape index (κ1) is 9.21. The van der Waals surface area contributed by atoms with E-state index in [1.807, 2.05) is 26.0 Å². The normalized spacial score (nSPS) is 13.8. The van der Waals surface area contributed by atoms with Crippen molar-refractivity contribution in [3.8, 4) is 0 Å². The summed E-state index contributed by atoms with van der Waals surface area (Å²) in [4.78, 5) is 10.1. The third kappa shape index (κ3) is 5.35. The summed E-state index contributed by atoms with van der Waals surface area (Å²) < 4.78 is 0. The lowest BCUT2D eigenvalue weighted by molar-refractivity contribution is -0.137. The third-order valence-corrected chi connectivity index (χ3v) is 1.20. The van der Waals surface area contributed by atoms with Gasteiger partial charge in [-0.05, 0) is 12.3 Å². The molecule has 0 amide bonds. The van der Waals surface area contributed by atoms with E-state index in [2.05, 4.69) is 0 Å². The zero-order valence-corrected chi connectivity index (χ0v) is 6.50. The van der Waals surface area contributed by atoms with Crippen molar-refractivity contribution in [3.63, 3.8) is 0 Å². The van der Waals surface area contributed by atoms with Crippen LogP contribution in [0.2, 0.25) is 0 Å². The number of aliphatic carboxylic acids is 1. The third-order valence-electron chi connectivity index (χ3n) is 1.20. The van der Waals surface area contributed by atoms with E-state index >= 15 is 0 Å². The lowest BCUT2D eigenvalue weighted by atomic mass is 10.1. The van der Waals surface area contributed by atoms with Crippen LogP contribution in [0.1, 0.15) is 26.7 Å². The van der Waals surface area contributed by atoms with Gasteiger partial charge in [0, 0.05) is 0 Å². The molecule has 1 atom stereocenters. The van der Waals surface area contributed by atoms with E-state index in [1.54, 1.807) is 0 Å². The topological polar surface area (TPSA) is 37.3 Å². The number of carbonyl (C=O) groups is 1. The summed E-state index contributed by atoms with van der Waals surface area (Å²) in [5.41, 5.74) is 0. The average molecular weight is 142 g/mol. The van der Waals surface area contributed by atoms with E-state index in [4.69, 9.17) is 5.11 Å². The van der Waals surface area contributed by atoms with Crippen molar-refractivity contribution in [1.82, 2.24) is 0 Å². The molecule has 0 spiro atoms. The van der Waals surface area contributed by atoms with E-state index in [1.165, 1.54) is 0 Å². The minimum absolute atomic E-state index is 0.164. The first-order valence-corrected chi connectivity index (χ1v) is 3.55. The highest BCUT2D eigenvalue weighted by molar-refractivity contribution is 5.67. The van der Waals surface area contributed by atoms with E-state index in [9.17, 15) is 4.79 Å². The van der Waals surface area contributed by atoms with E-state index in [0.29, 0.717) is 0 Å². The Morgan fingerprint density at radius 1 is 1.70 bits per heavy atom. The Balaban J connectivity index is 3.52. The molecule has 0 rings (SSSR count). The van der Waals surface area contributed by atoms with Gasteiger partial charge in [0.2, 0.25) is 0 Å². The van der Waals surface area contributed by atoms with Crippen LogP contribution < -0.4 is 0 Å². The van der Waals surface area contributed by atoms with Gasteiger partial charge in [-0.1, -0.05) is 26.0 Å². The second-order valence-electron chi connectivity index (χ2n) is 2.41. The monoisotopic (exact) mass is 142 g/mol. The molecule has 0 aromatic heterocycles. The van der Waals surface area contributed by atoms with Crippen LogP contribution in [-0.4, -0.2) is 11.1 Å². The Morgan fingerprint density at radius 2 is 2.30 bits per heavy atom. The molecule has 0 saturated carbocycles. The van der Waals surface area contributed by atoms with Crippen molar-refractivity contribution < 1.29 is 9.90 Å². The van der Waals surface area contributed by atoms with Crippen molar-refractivity contribution >= 4 is 5.97 Å². The molecule has 1 N–H and O–H groups in total. The molecular formula is C8H14O2. The fourth-order valence-corrected chi connectivity index (χ4v) is 0.712. The van der Waals surface area contributed by atoms with Gasteiger partial charge in [0.25, 0.3) is 0 Å². The SMILES string of the molecule is CCC=C[C@H](C)CC(=O)O. The van der Waals surface area contributed by atoms with Crippen LogP contribution in [0.3, 0.4) is 0 Å². The minimum atomic E-state index is -0.728. The summed E-state index contributed by atoms with van der Waals surface area (Å²) in [5, 5.41) is 8.35. The molecule has 0 aliphatic rings. The molecule has 0 aromatic carbocycles. The van der Waals surface area contributed by atoms with Crippen LogP contribution >= 0.6 is 0 Å². The quantitative estimate of drug-likeness (QED) is 0.610. The molecule has 0 aliphatic heterocycles. The van der Waals surface area contributed by atoms with Gasteiger partial charge in [-0.3, -0.25) is 4.79 Å². The summed E-state index contributed by atoms with van der Waals surface area (Å²) in [7, 11) is 0. The van der Waals surface area contributed by atoms with E-state index < -0.39 is 5.97 Å². The number of hydrogen-bond donors (Lipinski definition) is 1. The minimum Gasteiger partial charge on any atom is -0.481 e. The van der Waals surface area contributed by atoms with Crippen molar-refractivity contribution in [3.05, 3.63) is 12.2 Å². The fraction of sp³-hybridized carbons (Fsp3) is 0.625. The summed E-state index contributed by atoms with van der Waals surface area (Å²) in [5.74, 6) is -0.564. The number of hydrogen-bond acceptors (Lipinski definition) is 1. The molecule has 0 fully saturated rings. The van der Waals surface area contributed by atoms with Gasteiger partial charge in [0.1, 0.15) is 0 Å². The molecule has 0 aliphatic carbocycles. The molecule has 0 unspecified atom stereocenters. The Kier molecular flexibility index (Phi) is 4.63. The van der Waals surface area contributed by atoms with Gasteiger partial charge in [-0.25, -0.2) is 0 Å². The van der Waals surface area contributed by atoms with Crippen molar-refractivity contribution in [1.29, 1.82) is 0 Å². The zero-order chi connectivity index (χ0) is 7.98. The second-order valence-corrected chi connectivity index (χ2v) is 2.41. The van der Waals surface area contributed by atoms with E-state index in [0.717, 1.165) is 6.42 Å². The highest BCUT2D eigenvalue weighted by Crippen LogP contribution is 2.03. The van der Waals surface area contributed by atoms with Crippen LogP contribution in [0.5, 0.6) is 0 Å². The van der Waals surface area contributed by atoms with Crippen molar-refractivity contribution in [2.75, 3.05) is 0 Å². The maximum Gasteiger partial charge on any atom is 0.303 e. The molecule has 2 nitrogen and oxygen atoms in total. The second kappa shape index (κ2) is 5.03. The number of carboxylic acids is 1. The molecule has 58 valence electrons.